The molecule has 0 bridgehead atoms. The van der Waals surface area contributed by atoms with Gasteiger partial charge in [0.2, 0.25) is 11.8 Å². The van der Waals surface area contributed by atoms with E-state index in [0.717, 1.165) is 42.0 Å². The number of hydrogen-bond acceptors (Lipinski definition) is 4. The summed E-state index contributed by atoms with van der Waals surface area (Å²) in [6, 6.07) is 16.9. The van der Waals surface area contributed by atoms with Crippen LogP contribution in [0.15, 0.2) is 71.6 Å². The van der Waals surface area contributed by atoms with Crippen molar-refractivity contribution in [2.45, 2.75) is 69.5 Å². The molecule has 42 heavy (non-hydrogen) atoms. The van der Waals surface area contributed by atoms with Crippen molar-refractivity contribution in [1.82, 2.24) is 10.2 Å². The molecule has 0 unspecified atom stereocenters. The molecule has 1 fully saturated rings. The molecule has 3 aromatic rings. The van der Waals surface area contributed by atoms with Crippen LogP contribution < -0.4 is 9.62 Å². The van der Waals surface area contributed by atoms with Crippen molar-refractivity contribution in [1.29, 1.82) is 0 Å². The Hall–Kier alpha value is -2.78. The van der Waals surface area contributed by atoms with Gasteiger partial charge in [0.1, 0.15) is 12.6 Å². The molecule has 1 N–H and O–H groups in total. The van der Waals surface area contributed by atoms with Gasteiger partial charge in [-0.25, -0.2) is 8.42 Å². The van der Waals surface area contributed by atoms with Gasteiger partial charge in [-0.3, -0.25) is 13.9 Å². The number of amides is 2. The molecular formula is C31H34Cl3N3O4S. The van der Waals surface area contributed by atoms with Crippen LogP contribution in [0.4, 0.5) is 5.69 Å². The second-order valence-electron chi connectivity index (χ2n) is 10.6. The summed E-state index contributed by atoms with van der Waals surface area (Å²) < 4.78 is 28.9. The lowest BCUT2D eigenvalue weighted by Gasteiger charge is -2.33. The van der Waals surface area contributed by atoms with Crippen molar-refractivity contribution in [3.8, 4) is 0 Å². The van der Waals surface area contributed by atoms with Gasteiger partial charge in [0, 0.05) is 22.6 Å². The fourth-order valence-corrected chi connectivity index (χ4v) is 7.08. The molecule has 0 saturated heterocycles. The van der Waals surface area contributed by atoms with Gasteiger partial charge in [-0.2, -0.15) is 0 Å². The Kier molecular flexibility index (Phi) is 10.8. The number of nitrogens with one attached hydrogen (secondary N) is 1. The van der Waals surface area contributed by atoms with E-state index in [0.29, 0.717) is 10.6 Å². The van der Waals surface area contributed by atoms with E-state index in [1.165, 1.54) is 35.2 Å². The number of nitrogens with zero attached hydrogens (tertiary/aromatic N) is 2. The molecule has 2 amide bonds. The number of rotatable bonds is 10. The predicted octanol–water partition coefficient (Wildman–Crippen LogP) is 7.02. The molecule has 1 atom stereocenters. The first-order valence-corrected chi connectivity index (χ1v) is 16.4. The highest BCUT2D eigenvalue weighted by atomic mass is 35.5. The van der Waals surface area contributed by atoms with Crippen molar-refractivity contribution in [3.63, 3.8) is 0 Å². The maximum absolute atomic E-state index is 14.1. The summed E-state index contributed by atoms with van der Waals surface area (Å²) in [5.74, 6) is -0.890. The van der Waals surface area contributed by atoms with Crippen LogP contribution in [-0.2, 0) is 26.2 Å². The lowest BCUT2D eigenvalue weighted by atomic mass is 9.95. The molecular weight excluding hydrogens is 617 g/mol. The average Bonchev–Trinajstić information content (AvgIpc) is 2.96. The second kappa shape index (κ2) is 14.1. The van der Waals surface area contributed by atoms with Crippen LogP contribution in [-0.4, -0.2) is 43.8 Å². The average molecular weight is 651 g/mol. The number of sulfonamides is 1. The van der Waals surface area contributed by atoms with E-state index >= 15 is 0 Å². The first kappa shape index (κ1) is 32.1. The van der Waals surface area contributed by atoms with Crippen molar-refractivity contribution < 1.29 is 18.0 Å². The Morgan fingerprint density at radius 1 is 0.929 bits per heavy atom. The summed E-state index contributed by atoms with van der Waals surface area (Å²) in [5.41, 5.74) is 1.63. The molecule has 4 rings (SSSR count). The maximum atomic E-state index is 14.1. The molecule has 11 heteroatoms. The molecule has 0 aromatic heterocycles. The lowest BCUT2D eigenvalue weighted by molar-refractivity contribution is -0.139. The first-order chi connectivity index (χ1) is 20.0. The zero-order valence-electron chi connectivity index (χ0n) is 23.5. The summed E-state index contributed by atoms with van der Waals surface area (Å²) >= 11 is 18.9. The summed E-state index contributed by atoms with van der Waals surface area (Å²) in [7, 11) is -4.27. The quantitative estimate of drug-likeness (QED) is 0.256. The van der Waals surface area contributed by atoms with E-state index in [1.807, 2.05) is 6.92 Å². The normalized spacial score (nSPS) is 14.7. The molecule has 1 saturated carbocycles. The summed E-state index contributed by atoms with van der Waals surface area (Å²) in [5, 5.41) is 3.92. The molecule has 0 spiro atoms. The largest absolute Gasteiger partial charge is 0.352 e. The molecule has 1 aliphatic rings. The standard InChI is InChI=1S/C31H34Cl3N3O4S/c1-21-11-14-27(15-12-21)42(40,41)37(29-18-25(33)13-16-28(29)34)20-30(38)36(19-23-7-6-8-24(32)17-23)22(2)31(39)35-26-9-4-3-5-10-26/h6-8,11-18,22,26H,3-5,9-10,19-20H2,1-2H3,(H,35,39)/t22-/m1/s1. The van der Waals surface area contributed by atoms with Crippen LogP contribution in [0.1, 0.15) is 50.2 Å². The van der Waals surface area contributed by atoms with Gasteiger partial charge < -0.3 is 10.2 Å². The molecule has 1 aliphatic carbocycles. The van der Waals surface area contributed by atoms with Gasteiger partial charge in [0.25, 0.3) is 10.0 Å². The van der Waals surface area contributed by atoms with Crippen LogP contribution in [0.3, 0.4) is 0 Å². The topological polar surface area (TPSA) is 86.8 Å². The summed E-state index contributed by atoms with van der Waals surface area (Å²) in [6.45, 7) is 2.92. The third-order valence-electron chi connectivity index (χ3n) is 7.43. The van der Waals surface area contributed by atoms with E-state index in [-0.39, 0.29) is 39.1 Å². The zero-order chi connectivity index (χ0) is 30.4. The van der Waals surface area contributed by atoms with Gasteiger partial charge >= 0.3 is 0 Å². The smallest absolute Gasteiger partial charge is 0.264 e. The minimum atomic E-state index is -4.27. The fourth-order valence-electron chi connectivity index (χ4n) is 5.01. The Balaban J connectivity index is 1.71. The molecule has 0 aliphatic heterocycles. The predicted molar refractivity (Wildman–Crippen MR) is 169 cm³/mol. The van der Waals surface area contributed by atoms with Crippen molar-refractivity contribution in [2.75, 3.05) is 10.8 Å². The lowest BCUT2D eigenvalue weighted by Crippen LogP contribution is -2.53. The van der Waals surface area contributed by atoms with E-state index in [2.05, 4.69) is 5.32 Å². The fraction of sp³-hybridized carbons (Fsp3) is 0.355. The van der Waals surface area contributed by atoms with Crippen LogP contribution in [0.2, 0.25) is 15.1 Å². The third-order valence-corrected chi connectivity index (χ3v) is 9.99. The van der Waals surface area contributed by atoms with Gasteiger partial charge in [0.05, 0.1) is 15.6 Å². The Labute approximate surface area is 262 Å². The number of benzene rings is 3. The molecule has 7 nitrogen and oxygen atoms in total. The van der Waals surface area contributed by atoms with Gasteiger partial charge in [-0.05, 0) is 74.7 Å². The zero-order valence-corrected chi connectivity index (χ0v) is 26.6. The maximum Gasteiger partial charge on any atom is 0.264 e. The number of carbonyl (C=O) groups is 2. The van der Waals surface area contributed by atoms with Crippen LogP contribution in [0, 0.1) is 6.92 Å². The summed E-state index contributed by atoms with van der Waals surface area (Å²) in [4.78, 5) is 28.9. The number of aryl methyl sites for hydroxylation is 1. The molecule has 224 valence electrons. The summed E-state index contributed by atoms with van der Waals surface area (Å²) in [6.07, 6.45) is 4.99. The Morgan fingerprint density at radius 3 is 2.26 bits per heavy atom. The van der Waals surface area contributed by atoms with Crippen LogP contribution in [0.25, 0.3) is 0 Å². The van der Waals surface area contributed by atoms with Crippen LogP contribution >= 0.6 is 34.8 Å². The van der Waals surface area contributed by atoms with E-state index in [9.17, 15) is 18.0 Å². The van der Waals surface area contributed by atoms with E-state index in [4.69, 9.17) is 34.8 Å². The number of hydrogen-bond donors (Lipinski definition) is 1. The van der Waals surface area contributed by atoms with E-state index < -0.39 is 28.5 Å². The van der Waals surface area contributed by atoms with Crippen molar-refractivity contribution in [2.24, 2.45) is 0 Å². The highest BCUT2D eigenvalue weighted by Gasteiger charge is 2.34. The highest BCUT2D eigenvalue weighted by molar-refractivity contribution is 7.92. The minimum absolute atomic E-state index is 0.0126. The first-order valence-electron chi connectivity index (χ1n) is 13.8. The minimum Gasteiger partial charge on any atom is -0.352 e. The second-order valence-corrected chi connectivity index (χ2v) is 13.7. The highest BCUT2D eigenvalue weighted by Crippen LogP contribution is 2.33. The van der Waals surface area contributed by atoms with Gasteiger partial charge in [0.15, 0.2) is 0 Å². The number of halogens is 3. The van der Waals surface area contributed by atoms with Crippen LogP contribution in [0.5, 0.6) is 0 Å². The molecule has 0 heterocycles. The SMILES string of the molecule is Cc1ccc(S(=O)(=O)N(CC(=O)N(Cc2cccc(Cl)c2)[C@H](C)C(=O)NC2CCCCC2)c2cc(Cl)ccc2Cl)cc1. The number of carbonyl (C=O) groups excluding carboxylic acids is 2. The molecule has 3 aromatic carbocycles. The molecule has 0 radical (unpaired) electrons. The third kappa shape index (κ3) is 7.98. The Morgan fingerprint density at radius 2 is 1.60 bits per heavy atom. The van der Waals surface area contributed by atoms with Gasteiger partial charge in [-0.1, -0.05) is 83.9 Å². The monoisotopic (exact) mass is 649 g/mol. The van der Waals surface area contributed by atoms with Gasteiger partial charge in [-0.15, -0.1) is 0 Å². The Bertz CT molecular complexity index is 1530. The van der Waals surface area contributed by atoms with Crippen molar-refractivity contribution >= 4 is 62.3 Å². The van der Waals surface area contributed by atoms with Crippen molar-refractivity contribution in [3.05, 3.63) is 92.9 Å². The van der Waals surface area contributed by atoms with E-state index in [1.54, 1.807) is 43.3 Å². The number of anilines is 1.